The van der Waals surface area contributed by atoms with Gasteiger partial charge in [0.1, 0.15) is 19.3 Å². The number of likely N-dealkylation sites (N-methyl/N-ethyl adjacent to an activating group) is 1. The van der Waals surface area contributed by atoms with Gasteiger partial charge >= 0.3 is 5.97 Å². The highest BCUT2D eigenvalue weighted by Crippen LogP contribution is 2.38. The molecular weight excluding hydrogens is 577 g/mol. The lowest BCUT2D eigenvalue weighted by molar-refractivity contribution is -0.870. The molecule has 2 atom stereocenters. The maximum absolute atomic E-state index is 12.5. The van der Waals surface area contributed by atoms with E-state index in [1.807, 2.05) is 21.1 Å². The molecule has 0 aliphatic heterocycles. The Hall–Kier alpha value is -1.02. The summed E-state index contributed by atoms with van der Waals surface area (Å²) in [5.41, 5.74) is 0. The van der Waals surface area contributed by atoms with Crippen LogP contribution in [0.4, 0.5) is 0 Å². The Morgan fingerprint density at radius 1 is 0.705 bits per heavy atom. The molecule has 0 aromatic heterocycles. The second-order valence-electron chi connectivity index (χ2n) is 12.9. The minimum absolute atomic E-state index is 0.0249. The molecule has 8 nitrogen and oxygen atoms in total. The molecule has 0 N–H and O–H groups in total. The van der Waals surface area contributed by atoms with Gasteiger partial charge in [-0.3, -0.25) is 9.36 Å². The number of nitrogens with zero attached hydrogens (tertiary/aromatic N) is 1. The minimum atomic E-state index is -4.51. The molecule has 0 rings (SSSR count). The van der Waals surface area contributed by atoms with E-state index in [9.17, 15) is 14.3 Å². The van der Waals surface area contributed by atoms with Gasteiger partial charge in [-0.1, -0.05) is 115 Å². The van der Waals surface area contributed by atoms with Gasteiger partial charge in [-0.05, 0) is 38.5 Å². The normalized spacial score (nSPS) is 14.4. The molecule has 0 saturated heterocycles. The van der Waals surface area contributed by atoms with Crippen LogP contribution in [0, 0.1) is 0 Å². The third-order valence-corrected chi connectivity index (χ3v) is 8.20. The number of rotatable bonds is 32. The Morgan fingerprint density at radius 2 is 1.30 bits per heavy atom. The fraction of sp³-hybridized carbons (Fsp3) is 0.857. The standard InChI is InChI=1S/C35H68NO7P/c1-6-8-10-12-14-16-17-18-19-20-21-23-25-27-30-40-32-34(33-42-44(38,39)41-31-29-36(3,4)5)43-35(37)28-26-24-22-15-13-11-9-7-2/h10,12,16-17,34H,6-9,11,13-15,18-33H2,1-5H3/b12-10-,17-16-. The molecule has 0 amide bonds. The first kappa shape index (κ1) is 43.0. The number of ether oxygens (including phenoxy) is 2. The van der Waals surface area contributed by atoms with Crippen LogP contribution in [0.15, 0.2) is 24.3 Å². The highest BCUT2D eigenvalue weighted by molar-refractivity contribution is 7.45. The largest absolute Gasteiger partial charge is 0.756 e. The van der Waals surface area contributed by atoms with Crippen LogP contribution in [0.25, 0.3) is 0 Å². The maximum atomic E-state index is 12.5. The summed E-state index contributed by atoms with van der Waals surface area (Å²) >= 11 is 0. The summed E-state index contributed by atoms with van der Waals surface area (Å²) in [7, 11) is 1.35. The van der Waals surface area contributed by atoms with Crippen molar-refractivity contribution in [2.45, 2.75) is 142 Å². The topological polar surface area (TPSA) is 94.1 Å². The van der Waals surface area contributed by atoms with Gasteiger partial charge < -0.3 is 27.9 Å². The van der Waals surface area contributed by atoms with Crippen molar-refractivity contribution in [2.24, 2.45) is 0 Å². The first-order valence-electron chi connectivity index (χ1n) is 17.6. The number of carbonyl (C=O) groups is 1. The van der Waals surface area contributed by atoms with Crippen molar-refractivity contribution in [1.82, 2.24) is 0 Å². The first-order chi connectivity index (χ1) is 21.1. The highest BCUT2D eigenvalue weighted by atomic mass is 31.2. The molecule has 0 aliphatic carbocycles. The van der Waals surface area contributed by atoms with Gasteiger partial charge in [-0.25, -0.2) is 0 Å². The van der Waals surface area contributed by atoms with Crippen LogP contribution in [0.3, 0.4) is 0 Å². The van der Waals surface area contributed by atoms with Crippen LogP contribution in [0.5, 0.6) is 0 Å². The quantitative estimate of drug-likeness (QED) is 0.0238. The summed E-state index contributed by atoms with van der Waals surface area (Å²) in [4.78, 5) is 24.7. The Bertz CT molecular complexity index is 767. The lowest BCUT2D eigenvalue weighted by Crippen LogP contribution is -2.37. The van der Waals surface area contributed by atoms with E-state index in [0.29, 0.717) is 24.1 Å². The summed E-state index contributed by atoms with van der Waals surface area (Å²) in [6.45, 7) is 5.28. The molecule has 0 radical (unpaired) electrons. The molecule has 0 fully saturated rings. The summed E-state index contributed by atoms with van der Waals surface area (Å²) in [5.74, 6) is -0.345. The molecule has 0 aliphatic rings. The summed E-state index contributed by atoms with van der Waals surface area (Å²) in [6.07, 6.45) is 29.0. The number of phosphoric ester groups is 1. The van der Waals surface area contributed by atoms with Gasteiger partial charge in [0.05, 0.1) is 34.4 Å². The van der Waals surface area contributed by atoms with Crippen molar-refractivity contribution in [3.63, 3.8) is 0 Å². The number of phosphoric acid groups is 1. The van der Waals surface area contributed by atoms with E-state index < -0.39 is 13.9 Å². The second kappa shape index (κ2) is 29.4. The van der Waals surface area contributed by atoms with E-state index in [2.05, 4.69) is 38.2 Å². The summed E-state index contributed by atoms with van der Waals surface area (Å²) in [6, 6.07) is 0. The Morgan fingerprint density at radius 3 is 1.93 bits per heavy atom. The number of esters is 1. The average molecular weight is 646 g/mol. The monoisotopic (exact) mass is 645 g/mol. The fourth-order valence-electron chi connectivity index (χ4n) is 4.46. The molecule has 0 aromatic rings. The molecule has 0 aromatic carbocycles. The molecule has 0 bridgehead atoms. The number of allylic oxidation sites excluding steroid dienone is 4. The number of hydrogen-bond donors (Lipinski definition) is 0. The van der Waals surface area contributed by atoms with Gasteiger partial charge in [0.15, 0.2) is 0 Å². The number of unbranched alkanes of at least 4 members (excludes halogenated alkanes) is 14. The van der Waals surface area contributed by atoms with Gasteiger partial charge in [0.2, 0.25) is 0 Å². The SMILES string of the molecule is CCC/C=C\C/C=C\CCCCCCCCOCC(COP(=O)([O-])OCC[N+](C)(C)C)OC(=O)CCCCCCCCCC. The molecule has 0 spiro atoms. The average Bonchev–Trinajstić information content (AvgIpc) is 2.96. The van der Waals surface area contributed by atoms with Crippen LogP contribution >= 0.6 is 7.82 Å². The van der Waals surface area contributed by atoms with E-state index in [1.165, 1.54) is 64.2 Å². The van der Waals surface area contributed by atoms with Crippen molar-refractivity contribution in [2.75, 3.05) is 54.1 Å². The van der Waals surface area contributed by atoms with E-state index >= 15 is 0 Å². The maximum Gasteiger partial charge on any atom is 0.306 e. The fourth-order valence-corrected chi connectivity index (χ4v) is 5.19. The lowest BCUT2D eigenvalue weighted by Gasteiger charge is -2.28. The van der Waals surface area contributed by atoms with Crippen molar-refractivity contribution >= 4 is 13.8 Å². The minimum Gasteiger partial charge on any atom is -0.756 e. The zero-order valence-electron chi connectivity index (χ0n) is 29.1. The van der Waals surface area contributed by atoms with Crippen molar-refractivity contribution < 1.29 is 37.3 Å². The van der Waals surface area contributed by atoms with Crippen LogP contribution in [-0.2, 0) is 27.9 Å². The third kappa shape index (κ3) is 32.4. The second-order valence-corrected chi connectivity index (χ2v) is 14.3. The molecule has 44 heavy (non-hydrogen) atoms. The Balaban J connectivity index is 4.31. The molecule has 0 saturated carbocycles. The van der Waals surface area contributed by atoms with Gasteiger partial charge in [-0.15, -0.1) is 0 Å². The summed E-state index contributed by atoms with van der Waals surface area (Å²) < 4.78 is 34.3. The Kier molecular flexibility index (Phi) is 28.7. The molecule has 260 valence electrons. The van der Waals surface area contributed by atoms with E-state index in [1.54, 1.807) is 0 Å². The number of carbonyl (C=O) groups excluding carboxylic acids is 1. The van der Waals surface area contributed by atoms with Crippen molar-refractivity contribution in [3.8, 4) is 0 Å². The van der Waals surface area contributed by atoms with Gasteiger partial charge in [0.25, 0.3) is 7.82 Å². The van der Waals surface area contributed by atoms with Crippen LogP contribution in [0.1, 0.15) is 136 Å². The van der Waals surface area contributed by atoms with E-state index in [-0.39, 0.29) is 25.8 Å². The number of quaternary nitrogens is 1. The van der Waals surface area contributed by atoms with E-state index in [4.69, 9.17) is 18.5 Å². The van der Waals surface area contributed by atoms with Gasteiger partial charge in [0, 0.05) is 13.0 Å². The van der Waals surface area contributed by atoms with Crippen molar-refractivity contribution in [3.05, 3.63) is 24.3 Å². The molecular formula is C35H68NO7P. The molecule has 0 heterocycles. The molecule has 9 heteroatoms. The highest BCUT2D eigenvalue weighted by Gasteiger charge is 2.20. The third-order valence-electron chi connectivity index (χ3n) is 7.24. The van der Waals surface area contributed by atoms with Gasteiger partial charge in [-0.2, -0.15) is 0 Å². The zero-order chi connectivity index (χ0) is 32.8. The predicted octanol–water partition coefficient (Wildman–Crippen LogP) is 8.69. The van der Waals surface area contributed by atoms with Crippen LogP contribution in [-0.4, -0.2) is 70.7 Å². The smallest absolute Gasteiger partial charge is 0.306 e. The van der Waals surface area contributed by atoms with Crippen LogP contribution in [0.2, 0.25) is 0 Å². The predicted molar refractivity (Wildman–Crippen MR) is 180 cm³/mol. The molecule has 2 unspecified atom stereocenters. The first-order valence-corrected chi connectivity index (χ1v) is 19.0. The number of hydrogen-bond acceptors (Lipinski definition) is 7. The van der Waals surface area contributed by atoms with Crippen molar-refractivity contribution in [1.29, 1.82) is 0 Å². The van der Waals surface area contributed by atoms with E-state index in [0.717, 1.165) is 51.4 Å². The van der Waals surface area contributed by atoms with Crippen LogP contribution < -0.4 is 4.89 Å². The lowest BCUT2D eigenvalue weighted by atomic mass is 10.1. The zero-order valence-corrected chi connectivity index (χ0v) is 30.0. The Labute approximate surface area is 271 Å². The summed E-state index contributed by atoms with van der Waals surface area (Å²) in [5, 5.41) is 0.